The van der Waals surface area contributed by atoms with Crippen molar-refractivity contribution in [2.24, 2.45) is 0 Å². The van der Waals surface area contributed by atoms with E-state index in [1.165, 1.54) is 0 Å². The number of morpholine rings is 1. The fraction of sp³-hybridized carbons (Fsp3) is 0.667. The summed E-state index contributed by atoms with van der Waals surface area (Å²) in [4.78, 5) is 0. The molecule has 54 valence electrons. The molecule has 1 saturated heterocycles. The van der Waals surface area contributed by atoms with Crippen LogP contribution in [0.2, 0.25) is 0 Å². The van der Waals surface area contributed by atoms with Crippen LogP contribution in [0.25, 0.3) is 0 Å². The Labute approximate surface area is 61.7 Å². The standard InChI is InChI=1S/C6H11NO.ClH/c1-2-6-5-8-4-3-7-6;/h2,6-7H,1,3-5H2;1H/t6-;/m1./s1. The van der Waals surface area contributed by atoms with Crippen LogP contribution in [-0.2, 0) is 4.74 Å². The molecule has 1 aliphatic heterocycles. The van der Waals surface area contributed by atoms with Crippen molar-refractivity contribution in [3.63, 3.8) is 0 Å². The van der Waals surface area contributed by atoms with Crippen LogP contribution in [0, 0.1) is 0 Å². The highest BCUT2D eigenvalue weighted by atomic mass is 35.5. The molecular formula is C6H12ClNO. The van der Waals surface area contributed by atoms with Gasteiger partial charge in [0, 0.05) is 12.6 Å². The van der Waals surface area contributed by atoms with Gasteiger partial charge in [-0.05, 0) is 0 Å². The predicted molar refractivity (Wildman–Crippen MR) is 40.1 cm³/mol. The van der Waals surface area contributed by atoms with E-state index in [-0.39, 0.29) is 12.4 Å². The average molecular weight is 150 g/mol. The van der Waals surface area contributed by atoms with Crippen LogP contribution in [0.4, 0.5) is 0 Å². The quantitative estimate of drug-likeness (QED) is 0.551. The van der Waals surface area contributed by atoms with Crippen LogP contribution >= 0.6 is 12.4 Å². The number of nitrogens with one attached hydrogen (secondary N) is 1. The van der Waals surface area contributed by atoms with Crippen LogP contribution in [-0.4, -0.2) is 25.8 Å². The fourth-order valence-corrected chi connectivity index (χ4v) is 0.737. The Balaban J connectivity index is 0.000000640. The molecule has 0 saturated carbocycles. The molecule has 0 aliphatic carbocycles. The lowest BCUT2D eigenvalue weighted by molar-refractivity contribution is 0.0902. The van der Waals surface area contributed by atoms with E-state index >= 15 is 0 Å². The average Bonchev–Trinajstić information content (AvgIpc) is 1.90. The van der Waals surface area contributed by atoms with E-state index < -0.39 is 0 Å². The third kappa shape index (κ3) is 2.84. The zero-order chi connectivity index (χ0) is 5.82. The van der Waals surface area contributed by atoms with Crippen molar-refractivity contribution in [3.8, 4) is 0 Å². The molecule has 0 bridgehead atoms. The Kier molecular flexibility index (Phi) is 4.77. The Hall–Kier alpha value is -0.0500. The van der Waals surface area contributed by atoms with Gasteiger partial charge in [0.15, 0.2) is 0 Å². The minimum absolute atomic E-state index is 0. The molecule has 2 nitrogen and oxygen atoms in total. The Bertz CT molecular complexity index is 81.1. The first-order valence-electron chi connectivity index (χ1n) is 2.87. The first kappa shape index (κ1) is 8.95. The van der Waals surface area contributed by atoms with Crippen LogP contribution in [0.15, 0.2) is 12.7 Å². The smallest absolute Gasteiger partial charge is 0.0656 e. The number of hydrogen-bond donors (Lipinski definition) is 1. The Morgan fingerprint density at radius 1 is 1.67 bits per heavy atom. The Morgan fingerprint density at radius 3 is 2.78 bits per heavy atom. The van der Waals surface area contributed by atoms with E-state index in [4.69, 9.17) is 4.74 Å². The van der Waals surface area contributed by atoms with Gasteiger partial charge in [0.1, 0.15) is 0 Å². The highest BCUT2D eigenvalue weighted by molar-refractivity contribution is 5.85. The van der Waals surface area contributed by atoms with Crippen molar-refractivity contribution in [3.05, 3.63) is 12.7 Å². The minimum atomic E-state index is 0. The molecule has 1 aliphatic rings. The van der Waals surface area contributed by atoms with Crippen LogP contribution in [0.1, 0.15) is 0 Å². The minimum Gasteiger partial charge on any atom is -0.378 e. The normalized spacial score (nSPS) is 26.4. The number of rotatable bonds is 1. The molecule has 1 fully saturated rings. The summed E-state index contributed by atoms with van der Waals surface area (Å²) in [7, 11) is 0. The highest BCUT2D eigenvalue weighted by Crippen LogP contribution is 1.91. The van der Waals surface area contributed by atoms with Gasteiger partial charge in [-0.3, -0.25) is 0 Å². The maximum absolute atomic E-state index is 5.14. The fourth-order valence-electron chi connectivity index (χ4n) is 0.737. The number of ether oxygens (including phenoxy) is 1. The summed E-state index contributed by atoms with van der Waals surface area (Å²) < 4.78 is 5.14. The monoisotopic (exact) mass is 149 g/mol. The molecule has 1 atom stereocenters. The number of hydrogen-bond acceptors (Lipinski definition) is 2. The molecular weight excluding hydrogens is 138 g/mol. The second-order valence-electron chi connectivity index (χ2n) is 1.87. The molecule has 0 radical (unpaired) electrons. The van der Waals surface area contributed by atoms with Crippen molar-refractivity contribution in [2.45, 2.75) is 6.04 Å². The lowest BCUT2D eigenvalue weighted by Crippen LogP contribution is -2.39. The van der Waals surface area contributed by atoms with E-state index in [2.05, 4.69) is 11.9 Å². The third-order valence-electron chi connectivity index (χ3n) is 1.23. The largest absolute Gasteiger partial charge is 0.378 e. The summed E-state index contributed by atoms with van der Waals surface area (Å²) in [5.74, 6) is 0. The molecule has 3 heteroatoms. The lowest BCUT2D eigenvalue weighted by atomic mass is 10.3. The second kappa shape index (κ2) is 4.79. The molecule has 1 N–H and O–H groups in total. The van der Waals surface area contributed by atoms with Gasteiger partial charge in [-0.2, -0.15) is 0 Å². The summed E-state index contributed by atoms with van der Waals surface area (Å²) >= 11 is 0. The maximum Gasteiger partial charge on any atom is 0.0656 e. The second-order valence-corrected chi connectivity index (χ2v) is 1.87. The molecule has 0 unspecified atom stereocenters. The summed E-state index contributed by atoms with van der Waals surface area (Å²) in [6.07, 6.45) is 1.87. The van der Waals surface area contributed by atoms with Gasteiger partial charge in [-0.25, -0.2) is 0 Å². The highest BCUT2D eigenvalue weighted by Gasteiger charge is 2.06. The van der Waals surface area contributed by atoms with Crippen molar-refractivity contribution < 1.29 is 4.74 Å². The molecule has 0 aromatic heterocycles. The van der Waals surface area contributed by atoms with Crippen molar-refractivity contribution >= 4 is 12.4 Å². The van der Waals surface area contributed by atoms with Crippen LogP contribution in [0.5, 0.6) is 0 Å². The van der Waals surface area contributed by atoms with Crippen molar-refractivity contribution in [1.29, 1.82) is 0 Å². The van der Waals surface area contributed by atoms with E-state index in [0.29, 0.717) is 6.04 Å². The predicted octanol–water partition coefficient (Wildman–Crippen LogP) is 0.583. The maximum atomic E-state index is 5.14. The molecule has 0 amide bonds. The van der Waals surface area contributed by atoms with Crippen LogP contribution in [0.3, 0.4) is 0 Å². The van der Waals surface area contributed by atoms with Crippen LogP contribution < -0.4 is 5.32 Å². The third-order valence-corrected chi connectivity index (χ3v) is 1.23. The zero-order valence-electron chi connectivity index (χ0n) is 5.30. The van der Waals surface area contributed by atoms with Gasteiger partial charge in [0.25, 0.3) is 0 Å². The molecule has 0 aromatic rings. The summed E-state index contributed by atoms with van der Waals surface area (Å²) in [5, 5.41) is 3.23. The van der Waals surface area contributed by atoms with Gasteiger partial charge in [-0.15, -0.1) is 19.0 Å². The molecule has 9 heavy (non-hydrogen) atoms. The molecule has 1 rings (SSSR count). The van der Waals surface area contributed by atoms with Gasteiger partial charge >= 0.3 is 0 Å². The summed E-state index contributed by atoms with van der Waals surface area (Å²) in [6, 6.07) is 0.378. The lowest BCUT2D eigenvalue weighted by Gasteiger charge is -2.19. The number of halogens is 1. The topological polar surface area (TPSA) is 21.3 Å². The SMILES string of the molecule is C=C[C@@H]1COCCN1.Cl. The summed E-state index contributed by atoms with van der Waals surface area (Å²) in [5.41, 5.74) is 0. The first-order valence-corrected chi connectivity index (χ1v) is 2.87. The molecule has 0 spiro atoms. The molecule has 1 heterocycles. The van der Waals surface area contributed by atoms with Gasteiger partial charge in [0.05, 0.1) is 13.2 Å². The van der Waals surface area contributed by atoms with Crippen molar-refractivity contribution in [1.82, 2.24) is 5.32 Å². The van der Waals surface area contributed by atoms with E-state index in [1.807, 2.05) is 6.08 Å². The van der Waals surface area contributed by atoms with E-state index in [0.717, 1.165) is 19.8 Å². The van der Waals surface area contributed by atoms with E-state index in [1.54, 1.807) is 0 Å². The van der Waals surface area contributed by atoms with E-state index in [9.17, 15) is 0 Å². The van der Waals surface area contributed by atoms with Crippen molar-refractivity contribution in [2.75, 3.05) is 19.8 Å². The first-order chi connectivity index (χ1) is 3.93. The van der Waals surface area contributed by atoms with Gasteiger partial charge in [0.2, 0.25) is 0 Å². The van der Waals surface area contributed by atoms with Gasteiger partial charge < -0.3 is 10.1 Å². The zero-order valence-corrected chi connectivity index (χ0v) is 6.12. The summed E-state index contributed by atoms with van der Waals surface area (Å²) in [6.45, 7) is 6.22. The Morgan fingerprint density at radius 2 is 2.44 bits per heavy atom. The van der Waals surface area contributed by atoms with Gasteiger partial charge in [-0.1, -0.05) is 6.08 Å². The molecule has 0 aromatic carbocycles.